The summed E-state index contributed by atoms with van der Waals surface area (Å²) in [5.41, 5.74) is 6.43. The van der Waals surface area contributed by atoms with E-state index >= 15 is 0 Å². The van der Waals surface area contributed by atoms with Crippen molar-refractivity contribution in [3.8, 4) is 0 Å². The Kier molecular flexibility index (Phi) is 1.63. The Morgan fingerprint density at radius 3 is 3.22 bits per heavy atom. The van der Waals surface area contributed by atoms with Crippen molar-refractivity contribution in [1.82, 2.24) is 0 Å². The average Bonchev–Trinajstić information content (AvgIpc) is 1.97. The Morgan fingerprint density at radius 1 is 1.67 bits per heavy atom. The number of rotatable bonds is 0. The zero-order valence-electron chi connectivity index (χ0n) is 5.33. The van der Waals surface area contributed by atoms with Crippen LogP contribution in [0.5, 0.6) is 0 Å². The molecule has 1 rings (SSSR count). The zero-order chi connectivity index (χ0) is 6.69. The van der Waals surface area contributed by atoms with Crippen LogP contribution in [0.25, 0.3) is 0 Å². The molecule has 9 heavy (non-hydrogen) atoms. The molecule has 1 aliphatic heterocycles. The molecule has 0 fully saturated rings. The van der Waals surface area contributed by atoms with Gasteiger partial charge in [-0.1, -0.05) is 0 Å². The van der Waals surface area contributed by atoms with Crippen LogP contribution in [0, 0.1) is 0 Å². The minimum atomic E-state index is 0.551. The van der Waals surface area contributed by atoms with Gasteiger partial charge in [-0.3, -0.25) is 0 Å². The summed E-state index contributed by atoms with van der Waals surface area (Å²) >= 11 is 0. The second-order valence-electron chi connectivity index (χ2n) is 1.94. The average molecular weight is 123 g/mol. The number of aliphatic imine (C=N–C) groups is 2. The first kappa shape index (κ1) is 6.01. The summed E-state index contributed by atoms with van der Waals surface area (Å²) in [6, 6.07) is 0. The fourth-order valence-corrected chi connectivity index (χ4v) is 0.552. The molecule has 0 bridgehead atoms. The van der Waals surface area contributed by atoms with Gasteiger partial charge in [-0.2, -0.15) is 0 Å². The van der Waals surface area contributed by atoms with Crippen LogP contribution in [-0.4, -0.2) is 12.1 Å². The van der Waals surface area contributed by atoms with E-state index in [0.29, 0.717) is 5.82 Å². The van der Waals surface area contributed by atoms with Gasteiger partial charge in [0, 0.05) is 12.1 Å². The molecule has 0 aromatic rings. The Labute approximate surface area is 54.0 Å². The molecular formula is C6H9N3. The van der Waals surface area contributed by atoms with E-state index in [1.807, 2.05) is 13.0 Å². The van der Waals surface area contributed by atoms with Crippen molar-refractivity contribution in [3.63, 3.8) is 0 Å². The van der Waals surface area contributed by atoms with Crippen LogP contribution in [-0.2, 0) is 0 Å². The molecule has 3 nitrogen and oxygen atoms in total. The van der Waals surface area contributed by atoms with Crippen LogP contribution in [0.15, 0.2) is 21.9 Å². The van der Waals surface area contributed by atoms with Gasteiger partial charge in [-0.05, 0) is 13.0 Å². The van der Waals surface area contributed by atoms with E-state index in [1.165, 1.54) is 6.34 Å². The molecule has 0 aromatic heterocycles. The normalized spacial score (nSPS) is 18.3. The maximum absolute atomic E-state index is 5.39. The zero-order valence-corrected chi connectivity index (χ0v) is 5.33. The van der Waals surface area contributed by atoms with Gasteiger partial charge < -0.3 is 5.73 Å². The lowest BCUT2D eigenvalue weighted by atomic mass is 10.3. The minimum absolute atomic E-state index is 0.551. The molecule has 2 N–H and O–H groups in total. The van der Waals surface area contributed by atoms with Crippen molar-refractivity contribution >= 4 is 12.1 Å². The maximum Gasteiger partial charge on any atom is 0.121 e. The first-order chi connectivity index (χ1) is 4.29. The predicted octanol–water partition coefficient (Wildman–Crippen LogP) is 0.679. The number of nitrogens with zero attached hydrogens (tertiary/aromatic N) is 2. The van der Waals surface area contributed by atoms with Crippen molar-refractivity contribution < 1.29 is 0 Å². The van der Waals surface area contributed by atoms with Gasteiger partial charge in [-0.15, -0.1) is 0 Å². The fraction of sp³-hybridized carbons (Fsp3) is 0.333. The van der Waals surface area contributed by atoms with E-state index in [2.05, 4.69) is 9.98 Å². The summed E-state index contributed by atoms with van der Waals surface area (Å²) in [5, 5.41) is 0. The summed E-state index contributed by atoms with van der Waals surface area (Å²) in [5.74, 6) is 0.551. The number of allylic oxidation sites excluding steroid dienone is 1. The summed E-state index contributed by atoms with van der Waals surface area (Å²) in [6.07, 6.45) is 4.14. The number of hydrogen-bond acceptors (Lipinski definition) is 3. The molecule has 0 radical (unpaired) electrons. The molecule has 1 aliphatic rings. The van der Waals surface area contributed by atoms with Crippen LogP contribution in [0.3, 0.4) is 0 Å². The number of hydrogen-bond donors (Lipinski definition) is 1. The molecule has 1 heterocycles. The first-order valence-electron chi connectivity index (χ1n) is 2.80. The van der Waals surface area contributed by atoms with E-state index in [9.17, 15) is 0 Å². The minimum Gasteiger partial charge on any atom is -0.384 e. The lowest BCUT2D eigenvalue weighted by Gasteiger charge is -1.86. The van der Waals surface area contributed by atoms with E-state index in [-0.39, 0.29) is 0 Å². The summed E-state index contributed by atoms with van der Waals surface area (Å²) in [7, 11) is 0. The van der Waals surface area contributed by atoms with Crippen LogP contribution in [0.2, 0.25) is 0 Å². The number of nitrogens with two attached hydrogens (primary N) is 1. The highest BCUT2D eigenvalue weighted by Gasteiger charge is 1.91. The van der Waals surface area contributed by atoms with Crippen molar-refractivity contribution in [2.24, 2.45) is 15.7 Å². The third kappa shape index (κ3) is 1.68. The Morgan fingerprint density at radius 2 is 2.44 bits per heavy atom. The predicted molar refractivity (Wildman–Crippen MR) is 38.5 cm³/mol. The van der Waals surface area contributed by atoms with Gasteiger partial charge in [0.05, 0.1) is 0 Å². The molecular weight excluding hydrogens is 114 g/mol. The molecule has 0 saturated carbocycles. The maximum atomic E-state index is 5.39. The van der Waals surface area contributed by atoms with Gasteiger partial charge in [0.15, 0.2) is 0 Å². The van der Waals surface area contributed by atoms with Crippen molar-refractivity contribution in [3.05, 3.63) is 11.9 Å². The lowest BCUT2D eigenvalue weighted by molar-refractivity contribution is 1.22. The van der Waals surface area contributed by atoms with E-state index in [1.54, 1.807) is 0 Å². The standard InChI is InChI=1S/C6H9N3/c1-5-2-3-6(7)9-4-8-5/h3-4H,2,7H2,1H3. The molecule has 0 unspecified atom stereocenters. The molecule has 0 spiro atoms. The third-order valence-electron chi connectivity index (χ3n) is 1.09. The topological polar surface area (TPSA) is 50.7 Å². The van der Waals surface area contributed by atoms with E-state index in [0.717, 1.165) is 12.1 Å². The quantitative estimate of drug-likeness (QED) is 0.506. The van der Waals surface area contributed by atoms with Crippen molar-refractivity contribution in [2.75, 3.05) is 0 Å². The highest BCUT2D eigenvalue weighted by atomic mass is 15.0. The lowest BCUT2D eigenvalue weighted by Crippen LogP contribution is -1.92. The highest BCUT2D eigenvalue weighted by Crippen LogP contribution is 1.96. The molecule has 0 saturated heterocycles. The van der Waals surface area contributed by atoms with Gasteiger partial charge in [0.1, 0.15) is 12.2 Å². The molecule has 0 aliphatic carbocycles. The molecule has 48 valence electrons. The van der Waals surface area contributed by atoms with Gasteiger partial charge in [0.25, 0.3) is 0 Å². The smallest absolute Gasteiger partial charge is 0.121 e. The van der Waals surface area contributed by atoms with Crippen molar-refractivity contribution in [1.29, 1.82) is 0 Å². The fourth-order valence-electron chi connectivity index (χ4n) is 0.552. The second kappa shape index (κ2) is 2.44. The van der Waals surface area contributed by atoms with Crippen LogP contribution < -0.4 is 5.73 Å². The first-order valence-corrected chi connectivity index (χ1v) is 2.80. The molecule has 0 aromatic carbocycles. The van der Waals surface area contributed by atoms with E-state index in [4.69, 9.17) is 5.73 Å². The summed E-state index contributed by atoms with van der Waals surface area (Å²) < 4.78 is 0. The third-order valence-corrected chi connectivity index (χ3v) is 1.09. The Bertz CT molecular complexity index is 186. The largest absolute Gasteiger partial charge is 0.384 e. The molecule has 0 atom stereocenters. The summed E-state index contributed by atoms with van der Waals surface area (Å²) in [6.45, 7) is 1.95. The van der Waals surface area contributed by atoms with Gasteiger partial charge in [0.2, 0.25) is 0 Å². The highest BCUT2D eigenvalue weighted by molar-refractivity contribution is 5.90. The van der Waals surface area contributed by atoms with Crippen LogP contribution in [0.1, 0.15) is 13.3 Å². The molecule has 0 amide bonds. The second-order valence-corrected chi connectivity index (χ2v) is 1.94. The van der Waals surface area contributed by atoms with Gasteiger partial charge >= 0.3 is 0 Å². The van der Waals surface area contributed by atoms with Crippen molar-refractivity contribution in [2.45, 2.75) is 13.3 Å². The summed E-state index contributed by atoms with van der Waals surface area (Å²) in [4.78, 5) is 7.77. The molecule has 3 heteroatoms. The van der Waals surface area contributed by atoms with Crippen LogP contribution >= 0.6 is 0 Å². The van der Waals surface area contributed by atoms with E-state index < -0.39 is 0 Å². The van der Waals surface area contributed by atoms with Crippen LogP contribution in [0.4, 0.5) is 0 Å². The SMILES string of the molecule is CC1=NC=NC(N)=CC1. The Balaban J connectivity index is 2.75. The van der Waals surface area contributed by atoms with Gasteiger partial charge in [-0.25, -0.2) is 9.98 Å². The Hall–Kier alpha value is -1.12. The monoisotopic (exact) mass is 123 g/mol.